The molecule has 1 N–H and O–H groups in total. The molecule has 3 aromatic carbocycles. The highest BCUT2D eigenvalue weighted by Gasteiger charge is 2.33. The summed E-state index contributed by atoms with van der Waals surface area (Å²) in [7, 11) is -4.40. The zero-order chi connectivity index (χ0) is 26.5. The lowest BCUT2D eigenvalue weighted by molar-refractivity contribution is -0.137. The lowest BCUT2D eigenvalue weighted by Crippen LogP contribution is -2.38. The van der Waals surface area contributed by atoms with E-state index in [4.69, 9.17) is 4.74 Å². The van der Waals surface area contributed by atoms with Gasteiger partial charge in [0.05, 0.1) is 28.3 Å². The van der Waals surface area contributed by atoms with Gasteiger partial charge in [-0.05, 0) is 68.4 Å². The second kappa shape index (κ2) is 10.8. The Morgan fingerprint density at radius 2 is 1.61 bits per heavy atom. The number of carbonyl (C=O) groups excluding carboxylic acids is 2. The predicted octanol–water partition coefficient (Wildman–Crippen LogP) is 5.02. The number of halogens is 3. The van der Waals surface area contributed by atoms with E-state index in [2.05, 4.69) is 5.32 Å². The van der Waals surface area contributed by atoms with E-state index in [0.717, 1.165) is 17.7 Å². The molecule has 7 nitrogen and oxygen atoms in total. The maximum Gasteiger partial charge on any atom is 0.416 e. The molecule has 3 rings (SSSR count). The average molecular weight is 521 g/mol. The second-order valence-electron chi connectivity index (χ2n) is 7.72. The minimum absolute atomic E-state index is 0.183. The van der Waals surface area contributed by atoms with Crippen LogP contribution in [0.2, 0.25) is 0 Å². The molecule has 0 spiro atoms. The SMILES string of the molecule is CCOC(=O)c1ccc(NC(=O)CN(c2cccc(C(F)(F)F)c2)S(=O)(=O)c2ccc(C)cc2)cc1. The van der Waals surface area contributed by atoms with Crippen molar-refractivity contribution in [1.29, 1.82) is 0 Å². The number of benzene rings is 3. The van der Waals surface area contributed by atoms with Crippen LogP contribution in [0.5, 0.6) is 0 Å². The molecule has 0 radical (unpaired) electrons. The summed E-state index contributed by atoms with van der Waals surface area (Å²) in [6, 6.07) is 15.1. The van der Waals surface area contributed by atoms with Crippen LogP contribution in [0.15, 0.2) is 77.7 Å². The highest BCUT2D eigenvalue weighted by Crippen LogP contribution is 2.33. The van der Waals surface area contributed by atoms with Gasteiger partial charge in [0, 0.05) is 5.69 Å². The number of aryl methyl sites for hydroxylation is 1. The zero-order valence-corrected chi connectivity index (χ0v) is 20.2. The summed E-state index contributed by atoms with van der Waals surface area (Å²) in [5.74, 6) is -1.35. The summed E-state index contributed by atoms with van der Waals surface area (Å²) in [5.41, 5.74) is -0.0898. The van der Waals surface area contributed by atoms with Crippen molar-refractivity contribution in [1.82, 2.24) is 0 Å². The van der Waals surface area contributed by atoms with E-state index in [1.165, 1.54) is 42.5 Å². The fraction of sp³-hybridized carbons (Fsp3) is 0.200. The molecule has 0 fully saturated rings. The first-order chi connectivity index (χ1) is 16.9. The fourth-order valence-corrected chi connectivity index (χ4v) is 4.64. The number of esters is 1. The molecule has 0 heterocycles. The number of sulfonamides is 1. The van der Waals surface area contributed by atoms with Crippen molar-refractivity contribution in [3.63, 3.8) is 0 Å². The normalized spacial score (nSPS) is 11.6. The molecule has 3 aromatic rings. The van der Waals surface area contributed by atoms with Crippen molar-refractivity contribution in [3.8, 4) is 0 Å². The van der Waals surface area contributed by atoms with Crippen molar-refractivity contribution in [2.75, 3.05) is 22.8 Å². The number of alkyl halides is 3. The molecule has 0 saturated heterocycles. The van der Waals surface area contributed by atoms with Crippen LogP contribution in [-0.4, -0.2) is 33.4 Å². The molecule has 0 unspecified atom stereocenters. The number of anilines is 2. The van der Waals surface area contributed by atoms with Crippen LogP contribution in [0, 0.1) is 6.92 Å². The summed E-state index contributed by atoms with van der Waals surface area (Å²) in [5, 5.41) is 2.50. The lowest BCUT2D eigenvalue weighted by Gasteiger charge is -2.25. The van der Waals surface area contributed by atoms with E-state index in [1.54, 1.807) is 26.0 Å². The number of nitrogens with zero attached hydrogens (tertiary/aromatic N) is 1. The Hall–Kier alpha value is -3.86. The summed E-state index contributed by atoms with van der Waals surface area (Å²) in [6.07, 6.45) is -4.71. The monoisotopic (exact) mass is 520 g/mol. The largest absolute Gasteiger partial charge is 0.462 e. The van der Waals surface area contributed by atoms with E-state index in [0.29, 0.717) is 10.4 Å². The molecule has 190 valence electrons. The number of amides is 1. The first-order valence-corrected chi connectivity index (χ1v) is 12.2. The smallest absolute Gasteiger partial charge is 0.416 e. The number of ether oxygens (including phenoxy) is 1. The van der Waals surface area contributed by atoms with Crippen molar-refractivity contribution in [2.24, 2.45) is 0 Å². The highest BCUT2D eigenvalue weighted by atomic mass is 32.2. The Kier molecular flexibility index (Phi) is 8.03. The fourth-order valence-electron chi connectivity index (χ4n) is 3.22. The summed E-state index contributed by atoms with van der Waals surface area (Å²) in [4.78, 5) is 24.4. The van der Waals surface area contributed by atoms with Gasteiger partial charge in [-0.15, -0.1) is 0 Å². The van der Waals surface area contributed by atoms with E-state index in [9.17, 15) is 31.2 Å². The third-order valence-corrected chi connectivity index (χ3v) is 6.83. The maximum absolute atomic E-state index is 13.4. The molecule has 1 amide bonds. The van der Waals surface area contributed by atoms with Crippen molar-refractivity contribution >= 4 is 33.3 Å². The number of rotatable bonds is 8. The Bertz CT molecular complexity index is 1340. The van der Waals surface area contributed by atoms with Crippen LogP contribution in [0.4, 0.5) is 24.5 Å². The van der Waals surface area contributed by atoms with Crippen LogP contribution in [0.3, 0.4) is 0 Å². The van der Waals surface area contributed by atoms with Crippen LogP contribution >= 0.6 is 0 Å². The second-order valence-corrected chi connectivity index (χ2v) is 9.58. The van der Waals surface area contributed by atoms with Gasteiger partial charge < -0.3 is 10.1 Å². The molecule has 0 atom stereocenters. The Morgan fingerprint density at radius 1 is 0.972 bits per heavy atom. The minimum atomic E-state index is -4.71. The third-order valence-electron chi connectivity index (χ3n) is 5.04. The standard InChI is InChI=1S/C25H23F3N2O5S/c1-3-35-24(32)18-9-11-20(12-10-18)29-23(31)16-30(21-6-4-5-19(15-21)25(26,27)28)36(33,34)22-13-7-17(2)8-14-22/h4-15H,3,16H2,1-2H3,(H,29,31). The minimum Gasteiger partial charge on any atom is -0.462 e. The van der Waals surface area contributed by atoms with E-state index >= 15 is 0 Å². The third kappa shape index (κ3) is 6.42. The highest BCUT2D eigenvalue weighted by molar-refractivity contribution is 7.92. The van der Waals surface area contributed by atoms with Gasteiger partial charge in [0.1, 0.15) is 6.54 Å². The Balaban J connectivity index is 1.92. The zero-order valence-electron chi connectivity index (χ0n) is 19.4. The van der Waals surface area contributed by atoms with E-state index in [1.807, 2.05) is 0 Å². The first kappa shape index (κ1) is 26.7. The molecule has 11 heteroatoms. The maximum atomic E-state index is 13.4. The topological polar surface area (TPSA) is 92.8 Å². The van der Waals surface area contributed by atoms with Crippen LogP contribution in [0.1, 0.15) is 28.4 Å². The van der Waals surface area contributed by atoms with Crippen molar-refractivity contribution < 1.29 is 35.9 Å². The summed E-state index contributed by atoms with van der Waals surface area (Å²) in [6.45, 7) is 2.81. The quantitative estimate of drug-likeness (QED) is 0.421. The number of carbonyl (C=O) groups is 2. The molecule has 0 saturated carbocycles. The molecular formula is C25H23F3N2O5S. The van der Waals surface area contributed by atoms with Crippen LogP contribution in [-0.2, 0) is 25.7 Å². The predicted molar refractivity (Wildman–Crippen MR) is 128 cm³/mol. The van der Waals surface area contributed by atoms with Gasteiger partial charge in [-0.3, -0.25) is 9.10 Å². The van der Waals surface area contributed by atoms with E-state index < -0.39 is 40.2 Å². The van der Waals surface area contributed by atoms with Crippen molar-refractivity contribution in [2.45, 2.75) is 24.9 Å². The molecule has 0 bridgehead atoms. The van der Waals surface area contributed by atoms with Gasteiger partial charge >= 0.3 is 12.1 Å². The Labute approximate surface area is 206 Å². The van der Waals surface area contributed by atoms with Gasteiger partial charge in [-0.1, -0.05) is 23.8 Å². The molecular weight excluding hydrogens is 497 g/mol. The molecule has 0 aliphatic heterocycles. The first-order valence-electron chi connectivity index (χ1n) is 10.8. The van der Waals surface area contributed by atoms with E-state index in [-0.39, 0.29) is 28.4 Å². The number of hydrogen-bond acceptors (Lipinski definition) is 5. The van der Waals surface area contributed by atoms with Crippen molar-refractivity contribution in [3.05, 3.63) is 89.5 Å². The summed E-state index contributed by atoms with van der Waals surface area (Å²) < 4.78 is 72.2. The van der Waals surface area contributed by atoms with Gasteiger partial charge in [0.15, 0.2) is 0 Å². The number of hydrogen-bond donors (Lipinski definition) is 1. The van der Waals surface area contributed by atoms with Gasteiger partial charge in [0.2, 0.25) is 5.91 Å². The molecule has 0 aromatic heterocycles. The number of nitrogens with one attached hydrogen (secondary N) is 1. The lowest BCUT2D eigenvalue weighted by atomic mass is 10.2. The van der Waals surface area contributed by atoms with Crippen LogP contribution < -0.4 is 9.62 Å². The average Bonchev–Trinajstić information content (AvgIpc) is 2.83. The molecule has 0 aliphatic rings. The van der Waals surface area contributed by atoms with Gasteiger partial charge in [0.25, 0.3) is 10.0 Å². The molecule has 36 heavy (non-hydrogen) atoms. The van der Waals surface area contributed by atoms with Gasteiger partial charge in [-0.2, -0.15) is 13.2 Å². The summed E-state index contributed by atoms with van der Waals surface area (Å²) >= 11 is 0. The Morgan fingerprint density at radius 3 is 2.19 bits per heavy atom. The van der Waals surface area contributed by atoms with Gasteiger partial charge in [-0.25, -0.2) is 13.2 Å². The molecule has 0 aliphatic carbocycles. The van der Waals surface area contributed by atoms with Crippen LogP contribution in [0.25, 0.3) is 0 Å².